The summed E-state index contributed by atoms with van der Waals surface area (Å²) < 4.78 is 0. The molecule has 376 valence electrons. The van der Waals surface area contributed by atoms with Gasteiger partial charge in [-0.2, -0.15) is 0 Å². The largest absolute Gasteiger partial charge is 0.246 e. The average Bonchev–Trinajstić information content (AvgIpc) is 3.31. The van der Waals surface area contributed by atoms with Crippen LogP contribution in [0.5, 0.6) is 0 Å². The second-order valence-electron chi connectivity index (χ2n) is 19.7. The van der Waals surface area contributed by atoms with Gasteiger partial charge in [0.15, 0.2) is 0 Å². The van der Waals surface area contributed by atoms with Crippen molar-refractivity contribution in [3.8, 4) is 11.8 Å². The molecule has 3 heteroatoms. The van der Waals surface area contributed by atoms with Crippen molar-refractivity contribution >= 4 is 22.8 Å². The Morgan fingerprint density at radius 2 is 0.818 bits per heavy atom. The molecule has 0 saturated carbocycles. The fourth-order valence-corrected chi connectivity index (χ4v) is 9.22. The van der Waals surface area contributed by atoms with Crippen LogP contribution < -0.4 is 0 Å². The van der Waals surface area contributed by atoms with Crippen LogP contribution in [0.4, 0.5) is 11.4 Å². The summed E-state index contributed by atoms with van der Waals surface area (Å²) in [7, 11) is 0. The first kappa shape index (κ1) is 61.6. The van der Waals surface area contributed by atoms with Crippen LogP contribution in [0.3, 0.4) is 0 Å². The van der Waals surface area contributed by atoms with Gasteiger partial charge in [0, 0.05) is 22.9 Å². The Hall–Kier alpha value is -2.43. The molecular formula is C63H104N2Ni. The van der Waals surface area contributed by atoms with Crippen LogP contribution >= 0.6 is 0 Å². The first-order chi connectivity index (χ1) is 32.1. The maximum absolute atomic E-state index is 5.32. The molecule has 0 N–H and O–H groups in total. The Morgan fingerprint density at radius 3 is 1.27 bits per heavy atom. The smallest absolute Gasteiger partial charge is 0.139 e. The molecule has 2 aromatic carbocycles. The van der Waals surface area contributed by atoms with Gasteiger partial charge in [0.05, 0.1) is 17.1 Å². The van der Waals surface area contributed by atoms with Gasteiger partial charge in [-0.3, -0.25) is 0 Å². The van der Waals surface area contributed by atoms with Crippen molar-refractivity contribution in [1.82, 2.24) is 0 Å². The van der Waals surface area contributed by atoms with Crippen molar-refractivity contribution in [2.75, 3.05) is 0 Å². The molecule has 0 saturated heterocycles. The molecule has 2 aromatic rings. The van der Waals surface area contributed by atoms with Gasteiger partial charge in [0.2, 0.25) is 0 Å². The van der Waals surface area contributed by atoms with E-state index in [0.717, 1.165) is 80.6 Å². The Labute approximate surface area is 421 Å². The maximum Gasteiger partial charge on any atom is 0.139 e. The SMILES string of the molecule is CCCCCCCCCCCCCCCCC/C=C/C(=Nc1ccc(CCC)cc1)C(C#CCCCCCCCCCCCCCCCCCCC)=Nc1ccc(CCC)c(CCC)c1.[Ni]. The van der Waals surface area contributed by atoms with E-state index < -0.39 is 0 Å². The summed E-state index contributed by atoms with van der Waals surface area (Å²) in [5.41, 5.74) is 7.92. The summed E-state index contributed by atoms with van der Waals surface area (Å²) in [4.78, 5) is 10.6. The second-order valence-corrected chi connectivity index (χ2v) is 19.7. The van der Waals surface area contributed by atoms with Gasteiger partial charge in [-0.1, -0.05) is 277 Å². The molecule has 0 amide bonds. The third-order valence-corrected chi connectivity index (χ3v) is 13.3. The number of aliphatic imine (C=N–C) groups is 2. The summed E-state index contributed by atoms with van der Waals surface area (Å²) in [6.45, 7) is 11.4. The van der Waals surface area contributed by atoms with Crippen molar-refractivity contribution in [2.45, 2.75) is 291 Å². The molecule has 2 rings (SSSR count). The number of allylic oxidation sites excluding steroid dienone is 2. The molecule has 0 atom stereocenters. The standard InChI is InChI=1S/C63H104N2.Ni/c1-6-11-13-15-17-19-21-23-25-27-28-30-32-34-36-38-40-42-44-49-63(65-61-55-52-58(46-9-4)59(56-61)47-10-5)62(64-60-53-50-57(45-8-3)51-54-60)48-43-41-39-37-35-33-31-29-26-24-22-20-18-16-14-12-7-2;/h43,48,50-56H,6-42,45-47H2,1-5H3;/b48-43+,64-62?,65-63?;. The zero-order valence-corrected chi connectivity index (χ0v) is 45.2. The number of nitrogens with zero attached hydrogens (tertiary/aromatic N) is 2. The Bertz CT molecular complexity index is 1540. The van der Waals surface area contributed by atoms with E-state index >= 15 is 0 Å². The Balaban J connectivity index is 0.0000218. The monoisotopic (exact) mass is 947 g/mol. The van der Waals surface area contributed by atoms with Gasteiger partial charge in [0.25, 0.3) is 0 Å². The zero-order valence-electron chi connectivity index (χ0n) is 44.2. The van der Waals surface area contributed by atoms with Crippen LogP contribution in [0.25, 0.3) is 0 Å². The van der Waals surface area contributed by atoms with Crippen LogP contribution in [0.2, 0.25) is 0 Å². The number of hydrogen-bond acceptors (Lipinski definition) is 2. The summed E-state index contributed by atoms with van der Waals surface area (Å²) in [6.07, 6.45) is 57.9. The molecule has 0 spiro atoms. The average molecular weight is 948 g/mol. The van der Waals surface area contributed by atoms with Gasteiger partial charge >= 0.3 is 0 Å². The molecule has 0 aliphatic rings. The number of hydrogen-bond donors (Lipinski definition) is 0. The van der Waals surface area contributed by atoms with Crippen LogP contribution in [-0.2, 0) is 35.8 Å². The fraction of sp³-hybridized carbons (Fsp3) is 0.714. The molecule has 0 fully saturated rings. The van der Waals surface area contributed by atoms with E-state index in [2.05, 4.69) is 101 Å². The molecule has 0 aliphatic heterocycles. The van der Waals surface area contributed by atoms with Gasteiger partial charge in [-0.15, -0.1) is 0 Å². The van der Waals surface area contributed by atoms with Crippen LogP contribution in [0, 0.1) is 11.8 Å². The fourth-order valence-electron chi connectivity index (χ4n) is 9.22. The van der Waals surface area contributed by atoms with E-state index in [4.69, 9.17) is 9.98 Å². The molecular weight excluding hydrogens is 843 g/mol. The van der Waals surface area contributed by atoms with Crippen molar-refractivity contribution in [2.24, 2.45) is 9.98 Å². The number of aryl methyl sites for hydroxylation is 3. The Kier molecular flexibility index (Phi) is 43.2. The van der Waals surface area contributed by atoms with Crippen molar-refractivity contribution in [1.29, 1.82) is 0 Å². The molecule has 0 unspecified atom stereocenters. The predicted molar refractivity (Wildman–Crippen MR) is 294 cm³/mol. The number of benzene rings is 2. The van der Waals surface area contributed by atoms with E-state index in [1.54, 1.807) is 0 Å². The molecule has 66 heavy (non-hydrogen) atoms. The maximum atomic E-state index is 5.32. The van der Waals surface area contributed by atoms with E-state index in [0.29, 0.717) is 0 Å². The van der Waals surface area contributed by atoms with Gasteiger partial charge < -0.3 is 0 Å². The van der Waals surface area contributed by atoms with Crippen molar-refractivity contribution < 1.29 is 16.5 Å². The van der Waals surface area contributed by atoms with Gasteiger partial charge in [-0.25, -0.2) is 9.98 Å². The summed E-state index contributed by atoms with van der Waals surface area (Å²) in [5, 5.41) is 0. The minimum atomic E-state index is 0. The minimum absolute atomic E-state index is 0. The molecule has 0 radical (unpaired) electrons. The van der Waals surface area contributed by atoms with Gasteiger partial charge in [-0.05, 0) is 91.5 Å². The first-order valence-electron chi connectivity index (χ1n) is 28.7. The second kappa shape index (κ2) is 46.3. The summed E-state index contributed by atoms with van der Waals surface area (Å²) in [6, 6.07) is 15.7. The van der Waals surface area contributed by atoms with Crippen LogP contribution in [0.1, 0.15) is 289 Å². The molecule has 0 bridgehead atoms. The third kappa shape index (κ3) is 34.0. The minimum Gasteiger partial charge on any atom is -0.246 e. The topological polar surface area (TPSA) is 24.7 Å². The third-order valence-electron chi connectivity index (χ3n) is 13.3. The van der Waals surface area contributed by atoms with E-state index in [-0.39, 0.29) is 16.5 Å². The molecule has 0 heterocycles. The van der Waals surface area contributed by atoms with Crippen molar-refractivity contribution in [3.05, 3.63) is 71.3 Å². The molecule has 0 aliphatic carbocycles. The normalized spacial score (nSPS) is 11.9. The zero-order chi connectivity index (χ0) is 46.5. The van der Waals surface area contributed by atoms with Crippen molar-refractivity contribution in [3.63, 3.8) is 0 Å². The first-order valence-corrected chi connectivity index (χ1v) is 28.7. The Morgan fingerprint density at radius 1 is 0.409 bits per heavy atom. The number of rotatable bonds is 43. The molecule has 0 aromatic heterocycles. The van der Waals surface area contributed by atoms with E-state index in [1.165, 1.54) is 216 Å². The number of unbranched alkanes of at least 4 members (excludes halogenated alkanes) is 32. The van der Waals surface area contributed by atoms with Crippen LogP contribution in [0.15, 0.2) is 64.6 Å². The van der Waals surface area contributed by atoms with Crippen LogP contribution in [-0.4, -0.2) is 11.4 Å². The quantitative estimate of drug-likeness (QED) is 0.0274. The molecule has 2 nitrogen and oxygen atoms in total. The van der Waals surface area contributed by atoms with Gasteiger partial charge in [0.1, 0.15) is 5.71 Å². The van der Waals surface area contributed by atoms with E-state index in [1.807, 2.05) is 0 Å². The predicted octanol–water partition coefficient (Wildman–Crippen LogP) is 21.2. The summed E-state index contributed by atoms with van der Waals surface area (Å²) >= 11 is 0. The summed E-state index contributed by atoms with van der Waals surface area (Å²) in [5.74, 6) is 7.18. The van der Waals surface area contributed by atoms with E-state index in [9.17, 15) is 0 Å².